The first-order chi connectivity index (χ1) is 21.2. The van der Waals surface area contributed by atoms with Gasteiger partial charge in [-0.25, -0.2) is 4.68 Å². The highest BCUT2D eigenvalue weighted by Gasteiger charge is 2.22. The summed E-state index contributed by atoms with van der Waals surface area (Å²) in [6.45, 7) is 18.0. The van der Waals surface area contributed by atoms with E-state index in [-0.39, 0.29) is 11.3 Å². The molecule has 1 N–H and O–H groups in total. The van der Waals surface area contributed by atoms with Gasteiger partial charge >= 0.3 is 0 Å². The number of morpholine rings is 1. The number of rotatable bonds is 8. The lowest BCUT2D eigenvalue weighted by molar-refractivity contribution is 0.0331. The van der Waals surface area contributed by atoms with Crippen molar-refractivity contribution < 1.29 is 14.1 Å². The largest absolute Gasteiger partial charge is 0.379 e. The van der Waals surface area contributed by atoms with Gasteiger partial charge in [-0.2, -0.15) is 0 Å². The number of aromatic nitrogens is 5. The van der Waals surface area contributed by atoms with Gasteiger partial charge in [-0.15, -0.1) is 5.10 Å². The van der Waals surface area contributed by atoms with Gasteiger partial charge in [-0.1, -0.05) is 37.2 Å². The van der Waals surface area contributed by atoms with Crippen molar-refractivity contribution in [2.75, 3.05) is 75.8 Å². The lowest BCUT2D eigenvalue weighted by Crippen LogP contribution is -2.49. The average Bonchev–Trinajstić information content (AvgIpc) is 3.72. The first kappa shape index (κ1) is 29.9. The molecular formula is C32H41N9O3. The van der Waals surface area contributed by atoms with Crippen LogP contribution in [0.4, 0.5) is 11.5 Å². The summed E-state index contributed by atoms with van der Waals surface area (Å²) >= 11 is 0. The van der Waals surface area contributed by atoms with E-state index < -0.39 is 0 Å². The predicted octanol–water partition coefficient (Wildman–Crippen LogP) is 3.63. The van der Waals surface area contributed by atoms with E-state index in [9.17, 15) is 4.79 Å². The zero-order chi connectivity index (χ0) is 30.7. The molecule has 2 aliphatic heterocycles. The van der Waals surface area contributed by atoms with Crippen LogP contribution in [0.25, 0.3) is 16.9 Å². The number of hydrogen-bond acceptors (Lipinski definition) is 10. The Labute approximate surface area is 258 Å². The van der Waals surface area contributed by atoms with Crippen LogP contribution in [0.2, 0.25) is 0 Å². The molecular weight excluding hydrogens is 558 g/mol. The number of hydrogen-bond donors (Lipinski definition) is 1. The summed E-state index contributed by atoms with van der Waals surface area (Å²) in [7, 11) is 0. The van der Waals surface area contributed by atoms with Gasteiger partial charge in [0.15, 0.2) is 5.82 Å². The van der Waals surface area contributed by atoms with Crippen LogP contribution in [0.1, 0.15) is 42.5 Å². The lowest BCUT2D eigenvalue weighted by atomic mass is 9.93. The van der Waals surface area contributed by atoms with E-state index >= 15 is 0 Å². The Kier molecular flexibility index (Phi) is 8.74. The van der Waals surface area contributed by atoms with Gasteiger partial charge in [0.1, 0.15) is 11.5 Å². The minimum atomic E-state index is -0.279. The smallest absolute Gasteiger partial charge is 0.256 e. The molecule has 0 aliphatic carbocycles. The fourth-order valence-corrected chi connectivity index (χ4v) is 5.47. The second-order valence-electron chi connectivity index (χ2n) is 12.5. The van der Waals surface area contributed by atoms with Crippen molar-refractivity contribution in [2.45, 2.75) is 33.1 Å². The van der Waals surface area contributed by atoms with Crippen LogP contribution in [0, 0.1) is 6.92 Å². The Hall–Kier alpha value is -4.13. The van der Waals surface area contributed by atoms with E-state index in [1.54, 1.807) is 22.9 Å². The van der Waals surface area contributed by atoms with Crippen LogP contribution in [0.15, 0.2) is 53.4 Å². The quantitative estimate of drug-likeness (QED) is 0.322. The standard InChI is InChI=1S/C32H41N9O3/c1-23-5-6-24(31(42)34-30-19-29(44-36-30)32(2,3)4)18-28(23)41-22-27(35-37-41)25-17-26(21-33-20-25)40-11-9-38(10-12-40)7-8-39-13-15-43-16-14-39/h5-6,17-22H,7-16H2,1-4H3,(H,34,36,42). The van der Waals surface area contributed by atoms with Crippen molar-refractivity contribution in [3.05, 3.63) is 65.8 Å². The fraction of sp³-hybridized carbons (Fsp3) is 0.469. The molecule has 12 nitrogen and oxygen atoms in total. The molecule has 44 heavy (non-hydrogen) atoms. The molecule has 2 saturated heterocycles. The third-order valence-electron chi connectivity index (χ3n) is 8.30. The molecule has 4 aromatic rings. The summed E-state index contributed by atoms with van der Waals surface area (Å²) in [5.41, 5.74) is 4.71. The average molecular weight is 600 g/mol. The van der Waals surface area contributed by atoms with Gasteiger partial charge in [0.25, 0.3) is 5.91 Å². The molecule has 1 aromatic carbocycles. The molecule has 0 spiro atoms. The lowest BCUT2D eigenvalue weighted by Gasteiger charge is -2.37. The number of nitrogens with zero attached hydrogens (tertiary/aromatic N) is 8. The van der Waals surface area contributed by atoms with Crippen molar-refractivity contribution in [2.24, 2.45) is 0 Å². The summed E-state index contributed by atoms with van der Waals surface area (Å²) in [5.74, 6) is 0.804. The number of piperazine rings is 1. The molecule has 1 amide bonds. The van der Waals surface area contributed by atoms with E-state index in [0.717, 1.165) is 93.8 Å². The second-order valence-corrected chi connectivity index (χ2v) is 12.5. The number of ether oxygens (including phenoxy) is 1. The number of pyridine rings is 1. The van der Waals surface area contributed by atoms with Crippen LogP contribution >= 0.6 is 0 Å². The number of anilines is 2. The van der Waals surface area contributed by atoms with Crippen molar-refractivity contribution >= 4 is 17.4 Å². The Bertz CT molecular complexity index is 1580. The summed E-state index contributed by atoms with van der Waals surface area (Å²) in [4.78, 5) is 25.0. The molecule has 3 aromatic heterocycles. The Morgan fingerprint density at radius 2 is 1.70 bits per heavy atom. The molecule has 12 heteroatoms. The minimum absolute atomic E-state index is 0.203. The molecule has 0 bridgehead atoms. The summed E-state index contributed by atoms with van der Waals surface area (Å²) in [6.07, 6.45) is 5.61. The van der Waals surface area contributed by atoms with Gasteiger partial charge in [-0.3, -0.25) is 19.6 Å². The highest BCUT2D eigenvalue weighted by molar-refractivity contribution is 6.04. The normalized spacial score (nSPS) is 16.8. The van der Waals surface area contributed by atoms with Crippen LogP contribution in [-0.4, -0.2) is 106 Å². The molecule has 2 fully saturated rings. The molecule has 0 saturated carbocycles. The molecule has 0 atom stereocenters. The Morgan fingerprint density at radius 3 is 2.43 bits per heavy atom. The van der Waals surface area contributed by atoms with Gasteiger partial charge in [0.05, 0.1) is 37.0 Å². The van der Waals surface area contributed by atoms with E-state index in [4.69, 9.17) is 9.26 Å². The van der Waals surface area contributed by atoms with Crippen molar-refractivity contribution in [1.29, 1.82) is 0 Å². The summed E-state index contributed by atoms with van der Waals surface area (Å²) in [6, 6.07) is 9.38. The SMILES string of the molecule is Cc1ccc(C(=O)Nc2cc(C(C)(C)C)on2)cc1-n1cc(-c2cncc(N3CCN(CCN4CCOCC4)CC3)c2)nn1. The van der Waals surface area contributed by atoms with E-state index in [0.29, 0.717) is 17.1 Å². The first-order valence-corrected chi connectivity index (χ1v) is 15.3. The maximum Gasteiger partial charge on any atom is 0.256 e. The van der Waals surface area contributed by atoms with Crippen LogP contribution in [-0.2, 0) is 10.2 Å². The Morgan fingerprint density at radius 1 is 0.955 bits per heavy atom. The zero-order valence-electron chi connectivity index (χ0n) is 26.0. The third kappa shape index (κ3) is 6.98. The maximum atomic E-state index is 13.1. The predicted molar refractivity (Wildman–Crippen MR) is 168 cm³/mol. The highest BCUT2D eigenvalue weighted by Crippen LogP contribution is 2.26. The number of nitrogens with one attached hydrogen (secondary N) is 1. The minimum Gasteiger partial charge on any atom is -0.379 e. The fourth-order valence-electron chi connectivity index (χ4n) is 5.47. The summed E-state index contributed by atoms with van der Waals surface area (Å²) < 4.78 is 12.6. The number of benzene rings is 1. The molecule has 2 aliphatic rings. The molecule has 0 unspecified atom stereocenters. The van der Waals surface area contributed by atoms with Gasteiger partial charge in [0, 0.05) is 81.2 Å². The molecule has 6 rings (SSSR count). The first-order valence-electron chi connectivity index (χ1n) is 15.3. The number of aryl methyl sites for hydroxylation is 1. The van der Waals surface area contributed by atoms with Crippen molar-refractivity contribution in [1.82, 2.24) is 34.9 Å². The second kappa shape index (κ2) is 12.8. The number of carbonyl (C=O) groups excluding carboxylic acids is 1. The van der Waals surface area contributed by atoms with Crippen LogP contribution < -0.4 is 10.2 Å². The highest BCUT2D eigenvalue weighted by atomic mass is 16.5. The van der Waals surface area contributed by atoms with E-state index in [1.807, 2.05) is 52.4 Å². The maximum absolute atomic E-state index is 13.1. The number of amides is 1. The Balaban J connectivity index is 1.10. The number of carbonyl (C=O) groups is 1. The third-order valence-corrected chi connectivity index (χ3v) is 8.30. The van der Waals surface area contributed by atoms with Crippen molar-refractivity contribution in [3.63, 3.8) is 0 Å². The molecule has 5 heterocycles. The van der Waals surface area contributed by atoms with Crippen LogP contribution in [0.5, 0.6) is 0 Å². The monoisotopic (exact) mass is 599 g/mol. The van der Waals surface area contributed by atoms with Gasteiger partial charge in [-0.05, 0) is 30.7 Å². The van der Waals surface area contributed by atoms with Crippen LogP contribution in [0.3, 0.4) is 0 Å². The van der Waals surface area contributed by atoms with E-state index in [2.05, 4.69) is 46.5 Å². The molecule has 232 valence electrons. The van der Waals surface area contributed by atoms with Gasteiger partial charge < -0.3 is 19.5 Å². The zero-order valence-corrected chi connectivity index (χ0v) is 26.0. The van der Waals surface area contributed by atoms with Crippen molar-refractivity contribution in [3.8, 4) is 16.9 Å². The topological polar surface area (TPSA) is 118 Å². The van der Waals surface area contributed by atoms with E-state index in [1.165, 1.54) is 0 Å². The summed E-state index contributed by atoms with van der Waals surface area (Å²) in [5, 5.41) is 15.7. The molecule has 0 radical (unpaired) electrons. The van der Waals surface area contributed by atoms with Gasteiger partial charge in [0.2, 0.25) is 0 Å².